The molecule has 0 saturated carbocycles. The van der Waals surface area contributed by atoms with Gasteiger partial charge in [-0.25, -0.2) is 4.79 Å². The first-order valence-electron chi connectivity index (χ1n) is 8.23. The SMILES string of the molecule is CN(Cc1ccc(-c2ccc(Cl)cc2)o1)C(=O)COC(=O)C1=COCCO1. The fourth-order valence-corrected chi connectivity index (χ4v) is 2.46. The van der Waals surface area contributed by atoms with Crippen LogP contribution in [0.5, 0.6) is 0 Å². The van der Waals surface area contributed by atoms with Gasteiger partial charge in [-0.1, -0.05) is 11.6 Å². The number of furan rings is 1. The molecule has 8 heteroatoms. The molecule has 2 aromatic rings. The third kappa shape index (κ3) is 5.04. The van der Waals surface area contributed by atoms with Crippen molar-refractivity contribution in [3.8, 4) is 11.3 Å². The van der Waals surface area contributed by atoms with Gasteiger partial charge in [0.15, 0.2) is 6.61 Å². The summed E-state index contributed by atoms with van der Waals surface area (Å²) in [6.45, 7) is 0.482. The molecule has 0 atom stereocenters. The maximum Gasteiger partial charge on any atom is 0.377 e. The zero-order chi connectivity index (χ0) is 19.2. The number of hydrogen-bond acceptors (Lipinski definition) is 6. The summed E-state index contributed by atoms with van der Waals surface area (Å²) in [5.41, 5.74) is 0.886. The summed E-state index contributed by atoms with van der Waals surface area (Å²) in [5.74, 6) is 0.129. The summed E-state index contributed by atoms with van der Waals surface area (Å²) < 4.78 is 20.8. The normalized spacial score (nSPS) is 13.2. The Bertz CT molecular complexity index is 842. The van der Waals surface area contributed by atoms with Crippen LogP contribution in [0.25, 0.3) is 11.3 Å². The van der Waals surface area contributed by atoms with E-state index in [9.17, 15) is 9.59 Å². The zero-order valence-electron chi connectivity index (χ0n) is 14.6. The fourth-order valence-electron chi connectivity index (χ4n) is 2.34. The Morgan fingerprint density at radius 3 is 2.63 bits per heavy atom. The minimum Gasteiger partial charge on any atom is -0.493 e. The van der Waals surface area contributed by atoms with Crippen molar-refractivity contribution < 1.29 is 28.2 Å². The van der Waals surface area contributed by atoms with Crippen LogP contribution in [0.1, 0.15) is 5.76 Å². The molecular formula is C19H18ClNO6. The van der Waals surface area contributed by atoms with Crippen molar-refractivity contribution in [1.82, 2.24) is 4.90 Å². The minimum atomic E-state index is -0.737. The van der Waals surface area contributed by atoms with Crippen LogP contribution in [-0.4, -0.2) is 43.6 Å². The molecule has 0 fully saturated rings. The maximum absolute atomic E-state index is 12.1. The van der Waals surface area contributed by atoms with Gasteiger partial charge in [-0.3, -0.25) is 4.79 Å². The molecule has 0 aliphatic carbocycles. The lowest BCUT2D eigenvalue weighted by atomic mass is 10.2. The number of nitrogens with zero attached hydrogens (tertiary/aromatic N) is 1. The van der Waals surface area contributed by atoms with E-state index in [1.165, 1.54) is 11.2 Å². The van der Waals surface area contributed by atoms with Crippen LogP contribution in [-0.2, 0) is 30.3 Å². The van der Waals surface area contributed by atoms with Gasteiger partial charge in [0.1, 0.15) is 31.0 Å². The molecular weight excluding hydrogens is 374 g/mol. The van der Waals surface area contributed by atoms with Crippen LogP contribution in [0.3, 0.4) is 0 Å². The molecule has 0 spiro atoms. The van der Waals surface area contributed by atoms with Crippen LogP contribution in [0, 0.1) is 0 Å². The lowest BCUT2D eigenvalue weighted by molar-refractivity contribution is -0.152. The van der Waals surface area contributed by atoms with Gasteiger partial charge in [0.05, 0.1) is 6.54 Å². The van der Waals surface area contributed by atoms with E-state index < -0.39 is 12.6 Å². The largest absolute Gasteiger partial charge is 0.493 e. The van der Waals surface area contributed by atoms with Gasteiger partial charge in [0.25, 0.3) is 5.91 Å². The van der Waals surface area contributed by atoms with E-state index in [2.05, 4.69) is 0 Å². The number of rotatable bonds is 6. The molecule has 1 aromatic carbocycles. The van der Waals surface area contributed by atoms with Gasteiger partial charge in [-0.15, -0.1) is 0 Å². The number of hydrogen-bond donors (Lipinski definition) is 0. The first-order valence-corrected chi connectivity index (χ1v) is 8.61. The smallest absolute Gasteiger partial charge is 0.377 e. The number of carbonyl (C=O) groups is 2. The van der Waals surface area contributed by atoms with E-state index in [1.807, 2.05) is 18.2 Å². The molecule has 1 aliphatic heterocycles. The number of likely N-dealkylation sites (N-methyl/N-ethyl adjacent to an activating group) is 1. The van der Waals surface area contributed by atoms with Crippen molar-refractivity contribution >= 4 is 23.5 Å². The third-order valence-electron chi connectivity index (χ3n) is 3.79. The van der Waals surface area contributed by atoms with E-state index in [4.69, 9.17) is 30.2 Å². The number of ether oxygens (including phenoxy) is 3. The summed E-state index contributed by atoms with van der Waals surface area (Å²) in [6.07, 6.45) is 1.18. The Morgan fingerprint density at radius 1 is 1.15 bits per heavy atom. The maximum atomic E-state index is 12.1. The van der Waals surface area contributed by atoms with Crippen LogP contribution in [0.4, 0.5) is 0 Å². The highest BCUT2D eigenvalue weighted by Gasteiger charge is 2.19. The highest BCUT2D eigenvalue weighted by molar-refractivity contribution is 6.30. The second-order valence-corrected chi connectivity index (χ2v) is 6.24. The van der Waals surface area contributed by atoms with Crippen molar-refractivity contribution in [1.29, 1.82) is 0 Å². The van der Waals surface area contributed by atoms with Gasteiger partial charge in [0, 0.05) is 17.6 Å². The standard InChI is InChI=1S/C19H18ClNO6/c1-21(18(22)12-26-19(23)17-11-24-8-9-25-17)10-15-6-7-16(27-15)13-2-4-14(20)5-3-13/h2-7,11H,8-10,12H2,1H3. The molecule has 27 heavy (non-hydrogen) atoms. The molecule has 1 aromatic heterocycles. The van der Waals surface area contributed by atoms with Crippen molar-refractivity contribution in [3.63, 3.8) is 0 Å². The number of esters is 1. The van der Waals surface area contributed by atoms with Crippen molar-refractivity contribution in [2.24, 2.45) is 0 Å². The molecule has 0 unspecified atom stereocenters. The fraction of sp³-hybridized carbons (Fsp3) is 0.263. The summed E-state index contributed by atoms with van der Waals surface area (Å²) in [5, 5.41) is 0.645. The van der Waals surface area contributed by atoms with Gasteiger partial charge in [-0.2, -0.15) is 0 Å². The monoisotopic (exact) mass is 391 g/mol. The molecule has 142 valence electrons. The van der Waals surface area contributed by atoms with Crippen LogP contribution >= 0.6 is 11.6 Å². The predicted octanol–water partition coefficient (Wildman–Crippen LogP) is 2.99. The molecule has 0 saturated heterocycles. The Hall–Kier alpha value is -2.93. The molecule has 2 heterocycles. The Labute approximate surface area is 161 Å². The number of halogens is 1. The van der Waals surface area contributed by atoms with Gasteiger partial charge >= 0.3 is 5.97 Å². The summed E-state index contributed by atoms with van der Waals surface area (Å²) in [6, 6.07) is 10.9. The Kier molecular flexibility index (Phi) is 6.03. The number of carbonyl (C=O) groups excluding carboxylic acids is 2. The number of benzene rings is 1. The highest BCUT2D eigenvalue weighted by atomic mass is 35.5. The topological polar surface area (TPSA) is 78.2 Å². The Balaban J connectivity index is 1.51. The van der Waals surface area contributed by atoms with E-state index in [0.29, 0.717) is 23.2 Å². The first kappa shape index (κ1) is 18.8. The lowest BCUT2D eigenvalue weighted by Gasteiger charge is -2.17. The summed E-state index contributed by atoms with van der Waals surface area (Å²) >= 11 is 5.88. The summed E-state index contributed by atoms with van der Waals surface area (Å²) in [7, 11) is 1.60. The quantitative estimate of drug-likeness (QED) is 0.704. The molecule has 3 rings (SSSR count). The van der Waals surface area contributed by atoms with E-state index in [0.717, 1.165) is 5.56 Å². The van der Waals surface area contributed by atoms with Gasteiger partial charge in [0.2, 0.25) is 5.76 Å². The minimum absolute atomic E-state index is 0.0460. The van der Waals surface area contributed by atoms with E-state index >= 15 is 0 Å². The second-order valence-electron chi connectivity index (χ2n) is 5.80. The molecule has 0 bridgehead atoms. The average molecular weight is 392 g/mol. The molecule has 1 aliphatic rings. The van der Waals surface area contributed by atoms with Gasteiger partial charge < -0.3 is 23.5 Å². The first-order chi connectivity index (χ1) is 13.0. The van der Waals surface area contributed by atoms with Crippen molar-refractivity contribution in [2.45, 2.75) is 6.54 Å². The highest BCUT2D eigenvalue weighted by Crippen LogP contribution is 2.24. The van der Waals surface area contributed by atoms with E-state index in [1.54, 1.807) is 25.2 Å². The number of amides is 1. The Morgan fingerprint density at radius 2 is 1.93 bits per heavy atom. The summed E-state index contributed by atoms with van der Waals surface area (Å²) in [4.78, 5) is 25.3. The van der Waals surface area contributed by atoms with Crippen molar-refractivity contribution in [3.05, 3.63) is 59.2 Å². The molecule has 0 N–H and O–H groups in total. The third-order valence-corrected chi connectivity index (χ3v) is 4.04. The zero-order valence-corrected chi connectivity index (χ0v) is 15.4. The molecule has 1 amide bonds. The molecule has 7 nitrogen and oxygen atoms in total. The van der Waals surface area contributed by atoms with Crippen LogP contribution in [0.15, 0.2) is 52.8 Å². The predicted molar refractivity (Wildman–Crippen MR) is 96.6 cm³/mol. The lowest BCUT2D eigenvalue weighted by Crippen LogP contribution is -2.31. The van der Waals surface area contributed by atoms with Crippen molar-refractivity contribution in [2.75, 3.05) is 26.9 Å². The second kappa shape index (κ2) is 8.64. The van der Waals surface area contributed by atoms with Crippen LogP contribution < -0.4 is 0 Å². The van der Waals surface area contributed by atoms with Gasteiger partial charge in [-0.05, 0) is 36.4 Å². The van der Waals surface area contributed by atoms with Crippen LogP contribution in [0.2, 0.25) is 5.02 Å². The molecule has 0 radical (unpaired) electrons. The average Bonchev–Trinajstić information content (AvgIpc) is 3.15. The van der Waals surface area contributed by atoms with E-state index in [-0.39, 0.29) is 24.8 Å².